The van der Waals surface area contributed by atoms with Crippen LogP contribution < -0.4 is 16.8 Å². The smallest absolute Gasteiger partial charge is 0.230 e. The van der Waals surface area contributed by atoms with Crippen LogP contribution in [0.5, 0.6) is 0 Å². The summed E-state index contributed by atoms with van der Waals surface area (Å²) in [4.78, 5) is 20.1. The van der Waals surface area contributed by atoms with Crippen LogP contribution in [0.3, 0.4) is 0 Å². The number of nitrogens with zero attached hydrogens (tertiary/aromatic N) is 2. The number of rotatable bonds is 7. The molecule has 122 valence electrons. The molecule has 5 N–H and O–H groups in total. The molecular weight excluding hydrogens is 310 g/mol. The minimum atomic E-state index is -0.118. The van der Waals surface area contributed by atoms with Crippen LogP contribution in [0, 0.1) is 0 Å². The molecule has 1 aromatic heterocycles. The van der Waals surface area contributed by atoms with Gasteiger partial charge in [0.05, 0.1) is 12.1 Å². The van der Waals surface area contributed by atoms with Gasteiger partial charge in [-0.15, -0.1) is 11.3 Å². The first-order chi connectivity index (χ1) is 11.1. The van der Waals surface area contributed by atoms with Crippen LogP contribution >= 0.6 is 11.3 Å². The van der Waals surface area contributed by atoms with Crippen molar-refractivity contribution in [3.8, 4) is 0 Å². The second-order valence-electron chi connectivity index (χ2n) is 5.18. The van der Waals surface area contributed by atoms with Crippen molar-refractivity contribution in [2.45, 2.75) is 32.6 Å². The maximum Gasteiger partial charge on any atom is 0.230 e. The van der Waals surface area contributed by atoms with Gasteiger partial charge in [-0.3, -0.25) is 4.79 Å². The average Bonchev–Trinajstić information content (AvgIpc) is 2.92. The second-order valence-corrected chi connectivity index (χ2v) is 6.02. The Kier molecular flexibility index (Phi) is 6.10. The number of carbonyl (C=O) groups excluding carboxylic acids is 1. The summed E-state index contributed by atoms with van der Waals surface area (Å²) in [6.45, 7) is 2.17. The molecule has 0 aliphatic carbocycles. The normalized spacial score (nSPS) is 10.3. The highest BCUT2D eigenvalue weighted by Crippen LogP contribution is 2.19. The van der Waals surface area contributed by atoms with Crippen molar-refractivity contribution in [1.29, 1.82) is 0 Å². The molecule has 7 heteroatoms. The van der Waals surface area contributed by atoms with Crippen molar-refractivity contribution in [3.63, 3.8) is 0 Å². The Hall–Kier alpha value is -2.41. The van der Waals surface area contributed by atoms with Gasteiger partial charge >= 0.3 is 0 Å². The fraction of sp³-hybridized carbons (Fsp3) is 0.312. The zero-order chi connectivity index (χ0) is 16.7. The number of guanidine groups is 1. The number of aliphatic imine (C=N–C) groups is 1. The highest BCUT2D eigenvalue weighted by atomic mass is 32.1. The number of aryl methyl sites for hydroxylation is 1. The molecule has 1 heterocycles. The molecule has 1 aromatic carbocycles. The van der Waals surface area contributed by atoms with E-state index in [1.807, 2.05) is 24.3 Å². The molecule has 2 rings (SSSR count). The Balaban J connectivity index is 1.89. The zero-order valence-corrected chi connectivity index (χ0v) is 13.9. The van der Waals surface area contributed by atoms with Gasteiger partial charge in [0, 0.05) is 11.1 Å². The summed E-state index contributed by atoms with van der Waals surface area (Å²) in [7, 11) is 0. The van der Waals surface area contributed by atoms with Gasteiger partial charge in [-0.05, 0) is 30.5 Å². The maximum atomic E-state index is 12.0. The van der Waals surface area contributed by atoms with E-state index in [1.54, 1.807) is 5.38 Å². The standard InChI is InChI=1S/C16H21N5OS/c1-2-3-4-11-5-7-12(8-6-11)19-14(22)9-13-10-23-16(20-13)21-15(17)18/h5-8,10H,2-4,9H2,1H3,(H,19,22)(H4,17,18,20,21). The molecule has 0 bridgehead atoms. The number of nitrogens with two attached hydrogens (primary N) is 2. The van der Waals surface area contributed by atoms with E-state index in [9.17, 15) is 4.79 Å². The summed E-state index contributed by atoms with van der Waals surface area (Å²) in [5.74, 6) is -0.161. The number of anilines is 1. The van der Waals surface area contributed by atoms with Gasteiger partial charge in [-0.2, -0.15) is 4.99 Å². The quantitative estimate of drug-likeness (QED) is 0.535. The molecule has 0 aliphatic heterocycles. The number of benzene rings is 1. The molecule has 0 radical (unpaired) electrons. The number of amides is 1. The fourth-order valence-corrected chi connectivity index (χ4v) is 2.75. The van der Waals surface area contributed by atoms with E-state index in [0.717, 1.165) is 12.1 Å². The lowest BCUT2D eigenvalue weighted by atomic mass is 10.1. The third-order valence-corrected chi connectivity index (χ3v) is 3.95. The summed E-state index contributed by atoms with van der Waals surface area (Å²) >= 11 is 1.30. The van der Waals surface area contributed by atoms with Crippen LogP contribution in [0.15, 0.2) is 34.6 Å². The third-order valence-electron chi connectivity index (χ3n) is 3.16. The molecule has 0 saturated carbocycles. The number of hydrogen-bond donors (Lipinski definition) is 3. The van der Waals surface area contributed by atoms with Crippen LogP contribution in [0.25, 0.3) is 0 Å². The molecule has 0 aliphatic rings. The Morgan fingerprint density at radius 2 is 2.04 bits per heavy atom. The molecular formula is C16H21N5OS. The van der Waals surface area contributed by atoms with Crippen LogP contribution in [0.2, 0.25) is 0 Å². The zero-order valence-electron chi connectivity index (χ0n) is 13.1. The highest BCUT2D eigenvalue weighted by molar-refractivity contribution is 7.13. The van der Waals surface area contributed by atoms with Crippen molar-refractivity contribution < 1.29 is 4.79 Å². The van der Waals surface area contributed by atoms with E-state index in [0.29, 0.717) is 10.8 Å². The van der Waals surface area contributed by atoms with Crippen molar-refractivity contribution >= 4 is 34.0 Å². The lowest BCUT2D eigenvalue weighted by Crippen LogP contribution is -2.21. The van der Waals surface area contributed by atoms with Crippen molar-refractivity contribution in [1.82, 2.24) is 4.98 Å². The molecule has 0 saturated heterocycles. The molecule has 2 aromatic rings. The third kappa shape index (κ3) is 5.71. The summed E-state index contributed by atoms with van der Waals surface area (Å²) < 4.78 is 0. The number of hydrogen-bond acceptors (Lipinski definition) is 4. The second kappa shape index (κ2) is 8.28. The Labute approximate surface area is 139 Å². The first-order valence-electron chi connectivity index (χ1n) is 7.49. The number of carbonyl (C=O) groups is 1. The minimum absolute atomic E-state index is 0.0430. The van der Waals surface area contributed by atoms with E-state index in [4.69, 9.17) is 11.5 Å². The average molecular weight is 331 g/mol. The van der Waals surface area contributed by atoms with E-state index in [-0.39, 0.29) is 18.3 Å². The molecule has 1 amide bonds. The van der Waals surface area contributed by atoms with Gasteiger partial charge in [0.1, 0.15) is 0 Å². The van der Waals surface area contributed by atoms with E-state index in [1.165, 1.54) is 29.7 Å². The lowest BCUT2D eigenvalue weighted by Gasteiger charge is -2.05. The first kappa shape index (κ1) is 17.0. The molecule has 0 atom stereocenters. The summed E-state index contributed by atoms with van der Waals surface area (Å²) in [5.41, 5.74) is 13.3. The molecule has 6 nitrogen and oxygen atoms in total. The molecule has 0 spiro atoms. The largest absolute Gasteiger partial charge is 0.370 e. The van der Waals surface area contributed by atoms with Crippen molar-refractivity contribution in [2.75, 3.05) is 5.32 Å². The van der Waals surface area contributed by atoms with Gasteiger partial charge in [0.15, 0.2) is 5.96 Å². The van der Waals surface area contributed by atoms with Gasteiger partial charge in [-0.25, -0.2) is 4.98 Å². The van der Waals surface area contributed by atoms with Gasteiger partial charge in [0.2, 0.25) is 11.0 Å². The number of unbranched alkanes of at least 4 members (excludes halogenated alkanes) is 1. The van der Waals surface area contributed by atoms with Gasteiger partial charge in [-0.1, -0.05) is 25.5 Å². The number of nitrogens with one attached hydrogen (secondary N) is 1. The summed E-state index contributed by atoms with van der Waals surface area (Å²) in [6, 6.07) is 7.94. The lowest BCUT2D eigenvalue weighted by molar-refractivity contribution is -0.115. The molecule has 0 unspecified atom stereocenters. The Bertz CT molecular complexity index is 674. The Morgan fingerprint density at radius 1 is 1.30 bits per heavy atom. The predicted octanol–water partition coefficient (Wildman–Crippen LogP) is 2.57. The Morgan fingerprint density at radius 3 is 2.70 bits per heavy atom. The van der Waals surface area contributed by atoms with Crippen molar-refractivity contribution in [3.05, 3.63) is 40.9 Å². The van der Waals surface area contributed by atoms with E-state index < -0.39 is 0 Å². The van der Waals surface area contributed by atoms with Crippen LogP contribution in [-0.4, -0.2) is 16.9 Å². The number of aromatic nitrogens is 1. The predicted molar refractivity (Wildman–Crippen MR) is 95.0 cm³/mol. The fourth-order valence-electron chi connectivity index (χ4n) is 2.04. The number of thiazole rings is 1. The van der Waals surface area contributed by atoms with Crippen LogP contribution in [-0.2, 0) is 17.6 Å². The first-order valence-corrected chi connectivity index (χ1v) is 8.37. The molecule has 23 heavy (non-hydrogen) atoms. The highest BCUT2D eigenvalue weighted by Gasteiger charge is 2.08. The summed E-state index contributed by atoms with van der Waals surface area (Å²) in [6.07, 6.45) is 3.60. The van der Waals surface area contributed by atoms with Crippen LogP contribution in [0.1, 0.15) is 31.0 Å². The van der Waals surface area contributed by atoms with Crippen LogP contribution in [0.4, 0.5) is 10.8 Å². The maximum absolute atomic E-state index is 12.0. The van der Waals surface area contributed by atoms with Crippen molar-refractivity contribution in [2.24, 2.45) is 16.5 Å². The topological polar surface area (TPSA) is 106 Å². The monoisotopic (exact) mass is 331 g/mol. The van der Waals surface area contributed by atoms with E-state index >= 15 is 0 Å². The van der Waals surface area contributed by atoms with E-state index in [2.05, 4.69) is 22.2 Å². The van der Waals surface area contributed by atoms with Gasteiger partial charge < -0.3 is 16.8 Å². The minimum Gasteiger partial charge on any atom is -0.370 e. The molecule has 0 fully saturated rings. The SMILES string of the molecule is CCCCc1ccc(NC(=O)Cc2csc(N=C(N)N)n2)cc1. The summed E-state index contributed by atoms with van der Waals surface area (Å²) in [5, 5.41) is 5.09. The van der Waals surface area contributed by atoms with Gasteiger partial charge in [0.25, 0.3) is 0 Å².